The minimum Gasteiger partial charge on any atom is -0.424 e. The Morgan fingerprint density at radius 2 is 2.38 bits per heavy atom. The molecule has 0 aliphatic carbocycles. The van der Waals surface area contributed by atoms with E-state index in [0.29, 0.717) is 24.4 Å². The molecule has 0 spiro atoms. The highest BCUT2D eigenvalue weighted by Crippen LogP contribution is 1.98. The Morgan fingerprint density at radius 3 is 2.92 bits per heavy atom. The van der Waals surface area contributed by atoms with Crippen molar-refractivity contribution in [2.24, 2.45) is 0 Å². The SMILES string of the molecule is C=CCC(C)NCc1nnc(C)o1. The summed E-state index contributed by atoms with van der Waals surface area (Å²) in [5, 5.41) is 10.9. The van der Waals surface area contributed by atoms with Gasteiger partial charge in [0.15, 0.2) is 0 Å². The molecule has 0 radical (unpaired) electrons. The van der Waals surface area contributed by atoms with E-state index < -0.39 is 0 Å². The van der Waals surface area contributed by atoms with E-state index in [9.17, 15) is 0 Å². The fraction of sp³-hybridized carbons (Fsp3) is 0.556. The summed E-state index contributed by atoms with van der Waals surface area (Å²) in [6, 6.07) is 0.393. The van der Waals surface area contributed by atoms with Crippen LogP contribution in [-0.4, -0.2) is 16.2 Å². The van der Waals surface area contributed by atoms with Gasteiger partial charge in [-0.15, -0.1) is 16.8 Å². The average Bonchev–Trinajstić information content (AvgIpc) is 2.49. The topological polar surface area (TPSA) is 51.0 Å². The van der Waals surface area contributed by atoms with Crippen LogP contribution in [0, 0.1) is 6.92 Å². The molecule has 0 aliphatic rings. The molecule has 0 fully saturated rings. The van der Waals surface area contributed by atoms with Gasteiger partial charge in [-0.05, 0) is 13.3 Å². The molecular weight excluding hydrogens is 166 g/mol. The minimum atomic E-state index is 0.393. The van der Waals surface area contributed by atoms with Crippen LogP contribution in [0.25, 0.3) is 0 Å². The first kappa shape index (κ1) is 9.92. The van der Waals surface area contributed by atoms with Crippen molar-refractivity contribution in [3.05, 3.63) is 24.4 Å². The molecule has 1 aromatic heterocycles. The van der Waals surface area contributed by atoms with Gasteiger partial charge in [0.05, 0.1) is 6.54 Å². The third-order valence-corrected chi connectivity index (χ3v) is 1.69. The molecule has 0 saturated carbocycles. The Labute approximate surface area is 78.0 Å². The summed E-state index contributed by atoms with van der Waals surface area (Å²) >= 11 is 0. The van der Waals surface area contributed by atoms with Gasteiger partial charge in [0, 0.05) is 13.0 Å². The third-order valence-electron chi connectivity index (χ3n) is 1.69. The van der Waals surface area contributed by atoms with Crippen molar-refractivity contribution >= 4 is 0 Å². The van der Waals surface area contributed by atoms with Gasteiger partial charge in [-0.25, -0.2) is 0 Å². The fourth-order valence-corrected chi connectivity index (χ4v) is 1.00. The number of hydrogen-bond donors (Lipinski definition) is 1. The van der Waals surface area contributed by atoms with Gasteiger partial charge in [-0.1, -0.05) is 6.08 Å². The molecule has 0 aliphatic heterocycles. The van der Waals surface area contributed by atoms with Crippen molar-refractivity contribution in [2.45, 2.75) is 32.9 Å². The maximum Gasteiger partial charge on any atom is 0.230 e. The summed E-state index contributed by atoms with van der Waals surface area (Å²) in [5.74, 6) is 1.24. The van der Waals surface area contributed by atoms with E-state index in [1.807, 2.05) is 6.08 Å². The van der Waals surface area contributed by atoms with Gasteiger partial charge in [0.1, 0.15) is 0 Å². The lowest BCUT2D eigenvalue weighted by molar-refractivity contribution is 0.428. The lowest BCUT2D eigenvalue weighted by Crippen LogP contribution is -2.24. The monoisotopic (exact) mass is 181 g/mol. The van der Waals surface area contributed by atoms with Crippen molar-refractivity contribution in [1.29, 1.82) is 0 Å². The van der Waals surface area contributed by atoms with Gasteiger partial charge in [0.2, 0.25) is 11.8 Å². The molecule has 72 valence electrons. The highest BCUT2D eigenvalue weighted by atomic mass is 16.4. The molecule has 1 N–H and O–H groups in total. The van der Waals surface area contributed by atoms with E-state index in [1.165, 1.54) is 0 Å². The van der Waals surface area contributed by atoms with E-state index in [4.69, 9.17) is 4.42 Å². The number of nitrogens with zero attached hydrogens (tertiary/aromatic N) is 2. The molecule has 0 aromatic carbocycles. The van der Waals surface area contributed by atoms with Gasteiger partial charge in [-0.3, -0.25) is 0 Å². The van der Waals surface area contributed by atoms with Crippen LogP contribution in [0.5, 0.6) is 0 Å². The molecule has 1 heterocycles. The van der Waals surface area contributed by atoms with Crippen molar-refractivity contribution in [3.8, 4) is 0 Å². The summed E-state index contributed by atoms with van der Waals surface area (Å²) in [5.41, 5.74) is 0. The smallest absolute Gasteiger partial charge is 0.230 e. The summed E-state index contributed by atoms with van der Waals surface area (Å²) in [6.07, 6.45) is 2.82. The molecule has 1 atom stereocenters. The molecule has 1 unspecified atom stereocenters. The molecule has 4 nitrogen and oxygen atoms in total. The second kappa shape index (κ2) is 4.77. The lowest BCUT2D eigenvalue weighted by Gasteiger charge is -2.08. The quantitative estimate of drug-likeness (QED) is 0.698. The number of rotatable bonds is 5. The number of aryl methyl sites for hydroxylation is 1. The van der Waals surface area contributed by atoms with Crippen molar-refractivity contribution in [2.75, 3.05) is 0 Å². The Balaban J connectivity index is 2.30. The first-order chi connectivity index (χ1) is 6.22. The first-order valence-corrected chi connectivity index (χ1v) is 4.35. The molecular formula is C9H15N3O. The summed E-state index contributed by atoms with van der Waals surface area (Å²) in [7, 11) is 0. The number of hydrogen-bond acceptors (Lipinski definition) is 4. The van der Waals surface area contributed by atoms with Crippen LogP contribution in [-0.2, 0) is 6.54 Å². The van der Waals surface area contributed by atoms with Gasteiger partial charge in [0.25, 0.3) is 0 Å². The lowest BCUT2D eigenvalue weighted by atomic mass is 10.2. The van der Waals surface area contributed by atoms with Crippen molar-refractivity contribution in [3.63, 3.8) is 0 Å². The average molecular weight is 181 g/mol. The summed E-state index contributed by atoms with van der Waals surface area (Å²) < 4.78 is 5.20. The zero-order chi connectivity index (χ0) is 9.68. The van der Waals surface area contributed by atoms with Crippen LogP contribution in [0.4, 0.5) is 0 Å². The minimum absolute atomic E-state index is 0.393. The Hall–Kier alpha value is -1.16. The van der Waals surface area contributed by atoms with E-state index in [0.717, 1.165) is 6.42 Å². The summed E-state index contributed by atoms with van der Waals surface area (Å²) in [4.78, 5) is 0. The summed E-state index contributed by atoms with van der Waals surface area (Å²) in [6.45, 7) is 8.16. The van der Waals surface area contributed by atoms with E-state index in [2.05, 4.69) is 29.0 Å². The standard InChI is InChI=1S/C9H15N3O/c1-4-5-7(2)10-6-9-12-11-8(3)13-9/h4,7,10H,1,5-6H2,2-3H3. The van der Waals surface area contributed by atoms with E-state index >= 15 is 0 Å². The maximum absolute atomic E-state index is 5.20. The fourth-order valence-electron chi connectivity index (χ4n) is 1.00. The largest absolute Gasteiger partial charge is 0.424 e. The molecule has 4 heteroatoms. The van der Waals surface area contributed by atoms with E-state index in [1.54, 1.807) is 6.92 Å². The molecule has 1 rings (SSSR count). The van der Waals surface area contributed by atoms with Crippen molar-refractivity contribution < 1.29 is 4.42 Å². The predicted molar refractivity (Wildman–Crippen MR) is 50.2 cm³/mol. The second-order valence-corrected chi connectivity index (χ2v) is 3.02. The highest BCUT2D eigenvalue weighted by Gasteiger charge is 2.03. The number of aromatic nitrogens is 2. The third kappa shape index (κ3) is 3.38. The highest BCUT2D eigenvalue weighted by molar-refractivity contribution is 4.81. The van der Waals surface area contributed by atoms with Crippen LogP contribution in [0.1, 0.15) is 25.1 Å². The predicted octanol–water partition coefficient (Wildman–Crippen LogP) is 1.43. The van der Waals surface area contributed by atoms with Gasteiger partial charge >= 0.3 is 0 Å². The van der Waals surface area contributed by atoms with Gasteiger partial charge in [-0.2, -0.15) is 0 Å². The molecule has 0 saturated heterocycles. The first-order valence-electron chi connectivity index (χ1n) is 4.35. The van der Waals surface area contributed by atoms with Gasteiger partial charge < -0.3 is 9.73 Å². The zero-order valence-electron chi connectivity index (χ0n) is 8.08. The normalized spacial score (nSPS) is 12.8. The Kier molecular flexibility index (Phi) is 3.64. The van der Waals surface area contributed by atoms with Crippen LogP contribution in [0.3, 0.4) is 0 Å². The zero-order valence-corrected chi connectivity index (χ0v) is 8.08. The van der Waals surface area contributed by atoms with Crippen molar-refractivity contribution in [1.82, 2.24) is 15.5 Å². The second-order valence-electron chi connectivity index (χ2n) is 3.02. The van der Waals surface area contributed by atoms with Crippen LogP contribution < -0.4 is 5.32 Å². The maximum atomic E-state index is 5.20. The molecule has 1 aromatic rings. The molecule has 0 bridgehead atoms. The van der Waals surface area contributed by atoms with Crippen LogP contribution in [0.2, 0.25) is 0 Å². The Bertz CT molecular complexity index is 270. The molecule has 13 heavy (non-hydrogen) atoms. The van der Waals surface area contributed by atoms with Crippen LogP contribution in [0.15, 0.2) is 17.1 Å². The Morgan fingerprint density at radius 1 is 1.62 bits per heavy atom. The molecule has 0 amide bonds. The van der Waals surface area contributed by atoms with Crippen LogP contribution >= 0.6 is 0 Å². The number of nitrogens with one attached hydrogen (secondary N) is 1. The van der Waals surface area contributed by atoms with E-state index in [-0.39, 0.29) is 0 Å².